The number of rotatable bonds is 2. The number of anilines is 1. The minimum absolute atomic E-state index is 0.0411. The largest absolute Gasteiger partial charge is 0.378 e. The Morgan fingerprint density at radius 3 is 2.79 bits per heavy atom. The van der Waals surface area contributed by atoms with Crippen molar-refractivity contribution < 1.29 is 9.53 Å². The minimum atomic E-state index is 0.0411. The first-order chi connectivity index (χ1) is 11.8. The van der Waals surface area contributed by atoms with Gasteiger partial charge in [-0.3, -0.25) is 0 Å². The fourth-order valence-corrected chi connectivity index (χ4v) is 4.13. The van der Waals surface area contributed by atoms with Gasteiger partial charge in [0.15, 0.2) is 0 Å². The van der Waals surface area contributed by atoms with E-state index in [9.17, 15) is 4.79 Å². The maximum Gasteiger partial charge on any atom is 0.317 e. The third-order valence-electron chi connectivity index (χ3n) is 4.64. The number of thiophene rings is 1. The summed E-state index contributed by atoms with van der Waals surface area (Å²) >= 11 is 1.68. The summed E-state index contributed by atoms with van der Waals surface area (Å²) < 4.78 is 6.44. The molecule has 2 aromatic rings. The number of hydrogen-bond donors (Lipinski definition) is 1. The molecule has 4 rings (SSSR count). The van der Waals surface area contributed by atoms with E-state index in [1.807, 2.05) is 11.0 Å². The Hall–Kier alpha value is -1.93. The van der Waals surface area contributed by atoms with Crippen LogP contribution >= 0.6 is 11.3 Å². The second-order valence-electron chi connectivity index (χ2n) is 6.14. The molecule has 0 bridgehead atoms. The lowest BCUT2D eigenvalue weighted by atomic mass is 10.1. The summed E-state index contributed by atoms with van der Waals surface area (Å²) in [4.78, 5) is 25.2. The van der Waals surface area contributed by atoms with Gasteiger partial charge in [-0.2, -0.15) is 0 Å². The van der Waals surface area contributed by atoms with Crippen molar-refractivity contribution >= 4 is 33.4 Å². The van der Waals surface area contributed by atoms with E-state index in [2.05, 4.69) is 25.6 Å². The Kier molecular flexibility index (Phi) is 4.48. The molecular formula is C16H21N5O2S. The van der Waals surface area contributed by atoms with Crippen molar-refractivity contribution in [2.24, 2.45) is 0 Å². The van der Waals surface area contributed by atoms with Crippen molar-refractivity contribution in [3.63, 3.8) is 0 Å². The molecule has 2 amide bonds. The molecule has 0 saturated carbocycles. The van der Waals surface area contributed by atoms with Gasteiger partial charge < -0.3 is 19.9 Å². The number of aromatic nitrogens is 2. The number of amides is 2. The number of urea groups is 1. The van der Waals surface area contributed by atoms with Gasteiger partial charge in [0, 0.05) is 32.2 Å². The molecule has 2 aliphatic heterocycles. The lowest BCUT2D eigenvalue weighted by Gasteiger charge is -2.35. The van der Waals surface area contributed by atoms with Crippen molar-refractivity contribution in [2.45, 2.75) is 18.9 Å². The quantitative estimate of drug-likeness (QED) is 0.895. The fraction of sp³-hybridized carbons (Fsp3) is 0.562. The minimum Gasteiger partial charge on any atom is -0.378 e. The van der Waals surface area contributed by atoms with Gasteiger partial charge in [0.25, 0.3) is 0 Å². The summed E-state index contributed by atoms with van der Waals surface area (Å²) in [6.07, 6.45) is 3.51. The normalized spacial score (nSPS) is 19.7. The molecule has 0 aromatic carbocycles. The van der Waals surface area contributed by atoms with Gasteiger partial charge in [-0.1, -0.05) is 0 Å². The second kappa shape index (κ2) is 6.90. The standard InChI is InChI=1S/C16H21N5O2S/c22-16(21-6-8-23-9-7-21)19-12-1-4-20(5-2-12)15-14-13(3-10-24-14)17-11-18-15/h3,10-12H,1-2,4-9H2,(H,19,22). The van der Waals surface area contributed by atoms with Gasteiger partial charge in [0.05, 0.1) is 23.4 Å². The predicted octanol–water partition coefficient (Wildman–Crippen LogP) is 1.70. The molecule has 0 spiro atoms. The Morgan fingerprint density at radius 1 is 1.21 bits per heavy atom. The fourth-order valence-electron chi connectivity index (χ4n) is 3.27. The first-order valence-electron chi connectivity index (χ1n) is 8.37. The molecule has 0 atom stereocenters. The highest BCUT2D eigenvalue weighted by Crippen LogP contribution is 2.29. The van der Waals surface area contributed by atoms with Gasteiger partial charge in [-0.25, -0.2) is 14.8 Å². The maximum absolute atomic E-state index is 12.3. The zero-order valence-electron chi connectivity index (χ0n) is 13.5. The van der Waals surface area contributed by atoms with Crippen LogP contribution in [0.3, 0.4) is 0 Å². The first kappa shape index (κ1) is 15.6. The molecule has 2 aromatic heterocycles. The summed E-state index contributed by atoms with van der Waals surface area (Å²) in [6.45, 7) is 4.44. The van der Waals surface area contributed by atoms with Crippen molar-refractivity contribution in [3.05, 3.63) is 17.8 Å². The Bertz CT molecular complexity index is 707. The molecule has 2 fully saturated rings. The third kappa shape index (κ3) is 3.16. The summed E-state index contributed by atoms with van der Waals surface area (Å²) in [5.41, 5.74) is 1.01. The lowest BCUT2D eigenvalue weighted by molar-refractivity contribution is 0.0523. The molecule has 0 aliphatic carbocycles. The summed E-state index contributed by atoms with van der Waals surface area (Å²) in [5, 5.41) is 5.22. The molecule has 7 nitrogen and oxygen atoms in total. The molecule has 1 N–H and O–H groups in total. The summed E-state index contributed by atoms with van der Waals surface area (Å²) in [5.74, 6) is 1.02. The van der Waals surface area contributed by atoms with Crippen LogP contribution in [-0.2, 0) is 4.74 Å². The van der Waals surface area contributed by atoms with Crippen LogP contribution in [0.1, 0.15) is 12.8 Å². The highest BCUT2D eigenvalue weighted by molar-refractivity contribution is 7.17. The topological polar surface area (TPSA) is 70.6 Å². The number of morpholine rings is 1. The number of carbonyl (C=O) groups excluding carboxylic acids is 1. The van der Waals surface area contributed by atoms with Gasteiger partial charge in [-0.05, 0) is 24.3 Å². The van der Waals surface area contributed by atoms with Crippen LogP contribution in [0.15, 0.2) is 17.8 Å². The van der Waals surface area contributed by atoms with Gasteiger partial charge in [0.2, 0.25) is 0 Å². The van der Waals surface area contributed by atoms with E-state index in [-0.39, 0.29) is 12.1 Å². The molecule has 2 aliphatic rings. The van der Waals surface area contributed by atoms with Crippen LogP contribution in [0, 0.1) is 0 Å². The van der Waals surface area contributed by atoms with E-state index >= 15 is 0 Å². The van der Waals surface area contributed by atoms with Crippen LogP contribution < -0.4 is 10.2 Å². The van der Waals surface area contributed by atoms with Crippen LogP contribution in [0.2, 0.25) is 0 Å². The smallest absolute Gasteiger partial charge is 0.317 e. The SMILES string of the molecule is O=C(NC1CCN(c2ncnc3ccsc23)CC1)N1CCOCC1. The van der Waals surface area contributed by atoms with E-state index in [4.69, 9.17) is 4.74 Å². The number of ether oxygens (including phenoxy) is 1. The predicted molar refractivity (Wildman–Crippen MR) is 93.6 cm³/mol. The van der Waals surface area contributed by atoms with Crippen molar-refractivity contribution in [2.75, 3.05) is 44.3 Å². The van der Waals surface area contributed by atoms with Crippen LogP contribution in [0.25, 0.3) is 10.2 Å². The molecular weight excluding hydrogens is 326 g/mol. The number of nitrogens with one attached hydrogen (secondary N) is 1. The number of hydrogen-bond acceptors (Lipinski definition) is 6. The molecule has 0 radical (unpaired) electrons. The zero-order valence-corrected chi connectivity index (χ0v) is 14.3. The molecule has 2 saturated heterocycles. The van der Waals surface area contributed by atoms with Crippen molar-refractivity contribution in [3.8, 4) is 0 Å². The van der Waals surface area contributed by atoms with E-state index in [1.165, 1.54) is 0 Å². The Morgan fingerprint density at radius 2 is 2.00 bits per heavy atom. The number of nitrogens with zero attached hydrogens (tertiary/aromatic N) is 4. The van der Waals surface area contributed by atoms with Crippen LogP contribution in [0.5, 0.6) is 0 Å². The van der Waals surface area contributed by atoms with E-state index in [0.717, 1.165) is 42.0 Å². The van der Waals surface area contributed by atoms with Crippen molar-refractivity contribution in [1.29, 1.82) is 0 Å². The lowest BCUT2D eigenvalue weighted by Crippen LogP contribution is -2.52. The molecule has 0 unspecified atom stereocenters. The van der Waals surface area contributed by atoms with Gasteiger partial charge in [-0.15, -0.1) is 11.3 Å². The van der Waals surface area contributed by atoms with E-state index in [0.29, 0.717) is 26.3 Å². The molecule has 8 heteroatoms. The number of carbonyl (C=O) groups is 1. The Balaban J connectivity index is 1.35. The van der Waals surface area contributed by atoms with Gasteiger partial charge >= 0.3 is 6.03 Å². The van der Waals surface area contributed by atoms with Gasteiger partial charge in [0.1, 0.15) is 12.1 Å². The average molecular weight is 347 g/mol. The number of piperidine rings is 1. The van der Waals surface area contributed by atoms with E-state index in [1.54, 1.807) is 17.7 Å². The Labute approximate surface area is 144 Å². The van der Waals surface area contributed by atoms with Crippen molar-refractivity contribution in [1.82, 2.24) is 20.2 Å². The third-order valence-corrected chi connectivity index (χ3v) is 5.54. The zero-order chi connectivity index (χ0) is 16.4. The van der Waals surface area contributed by atoms with E-state index < -0.39 is 0 Å². The average Bonchev–Trinajstić information content (AvgIpc) is 3.12. The monoisotopic (exact) mass is 347 g/mol. The summed E-state index contributed by atoms with van der Waals surface area (Å²) in [7, 11) is 0. The highest BCUT2D eigenvalue weighted by Gasteiger charge is 2.25. The molecule has 128 valence electrons. The first-order valence-corrected chi connectivity index (χ1v) is 9.25. The number of fused-ring (bicyclic) bond motifs is 1. The molecule has 24 heavy (non-hydrogen) atoms. The second-order valence-corrected chi connectivity index (χ2v) is 7.06. The highest BCUT2D eigenvalue weighted by atomic mass is 32.1. The summed E-state index contributed by atoms with van der Waals surface area (Å²) in [6, 6.07) is 2.30. The van der Waals surface area contributed by atoms with Crippen LogP contribution in [0.4, 0.5) is 10.6 Å². The molecule has 4 heterocycles. The maximum atomic E-state index is 12.3. The van der Waals surface area contributed by atoms with Crippen LogP contribution in [-0.4, -0.2) is 66.3 Å².